The monoisotopic (exact) mass is 260 g/mol. The lowest BCUT2D eigenvalue weighted by Crippen LogP contribution is -2.18. The second-order valence-electron chi connectivity index (χ2n) is 4.09. The fourth-order valence-corrected chi connectivity index (χ4v) is 1.65. The van der Waals surface area contributed by atoms with Gasteiger partial charge in [-0.3, -0.25) is 4.79 Å². The summed E-state index contributed by atoms with van der Waals surface area (Å²) in [5.41, 5.74) is 7.71. The number of amides is 1. The van der Waals surface area contributed by atoms with Crippen LogP contribution >= 0.6 is 0 Å². The number of hydrogen-bond acceptors (Lipinski definition) is 5. The summed E-state index contributed by atoms with van der Waals surface area (Å²) in [5.74, 6) is 0.640. The summed E-state index contributed by atoms with van der Waals surface area (Å²) in [6, 6.07) is 5.13. The lowest BCUT2D eigenvalue weighted by molar-refractivity contribution is 0.0963. The topological polar surface area (TPSA) is 97.9 Å². The smallest absolute Gasteiger partial charge is 0.251 e. The zero-order chi connectivity index (χ0) is 13.8. The van der Waals surface area contributed by atoms with Crippen molar-refractivity contribution in [2.45, 2.75) is 6.54 Å². The molecule has 0 aliphatic heterocycles. The molecule has 0 radical (unpaired) electrons. The molecule has 0 unspecified atom stereocenters. The van der Waals surface area contributed by atoms with E-state index in [1.54, 1.807) is 31.6 Å². The summed E-state index contributed by atoms with van der Waals surface area (Å²) >= 11 is 0. The van der Waals surface area contributed by atoms with Crippen molar-refractivity contribution in [3.8, 4) is 0 Å². The maximum atomic E-state index is 11.5. The van der Waals surface area contributed by atoms with Crippen LogP contribution < -0.4 is 16.4 Å². The first-order valence-corrected chi connectivity index (χ1v) is 5.80. The predicted octanol–water partition coefficient (Wildman–Crippen LogP) is 0.369. The number of benzene rings is 1. The molecule has 0 atom stereocenters. The number of carbonyl (C=O) groups excluding carboxylic acids is 1. The number of aryl methyl sites for hydroxylation is 1. The normalized spacial score (nSPS) is 10.2. The maximum absolute atomic E-state index is 11.5. The maximum Gasteiger partial charge on any atom is 0.251 e. The van der Waals surface area contributed by atoms with Crippen LogP contribution in [0.3, 0.4) is 0 Å². The molecule has 1 amide bonds. The first-order chi connectivity index (χ1) is 9.11. The lowest BCUT2D eigenvalue weighted by atomic mass is 10.1. The summed E-state index contributed by atoms with van der Waals surface area (Å²) in [5, 5.41) is 13.5. The Morgan fingerprint density at radius 3 is 2.84 bits per heavy atom. The van der Waals surface area contributed by atoms with E-state index in [1.165, 1.54) is 0 Å². The van der Waals surface area contributed by atoms with Crippen molar-refractivity contribution in [1.82, 2.24) is 20.1 Å². The average Bonchev–Trinajstić information content (AvgIpc) is 2.82. The molecule has 7 nitrogen and oxygen atoms in total. The van der Waals surface area contributed by atoms with Crippen LogP contribution in [0.1, 0.15) is 16.2 Å². The van der Waals surface area contributed by atoms with Gasteiger partial charge in [0.2, 0.25) is 0 Å². The largest absolute Gasteiger partial charge is 0.397 e. The van der Waals surface area contributed by atoms with E-state index in [2.05, 4.69) is 20.8 Å². The zero-order valence-electron chi connectivity index (χ0n) is 10.8. The highest BCUT2D eigenvalue weighted by atomic mass is 16.1. The SMILES string of the molecule is CNC(=O)c1ccc(NCc2nncn2C)c(N)c1. The number of nitrogen functional groups attached to an aromatic ring is 1. The number of nitrogens with two attached hydrogens (primary N) is 1. The van der Waals surface area contributed by atoms with Gasteiger partial charge in [0.05, 0.1) is 17.9 Å². The Labute approximate surface area is 110 Å². The van der Waals surface area contributed by atoms with Crippen LogP contribution in [0.2, 0.25) is 0 Å². The Morgan fingerprint density at radius 1 is 1.47 bits per heavy atom. The fourth-order valence-electron chi connectivity index (χ4n) is 1.65. The minimum absolute atomic E-state index is 0.161. The van der Waals surface area contributed by atoms with Crippen LogP contribution in [0.4, 0.5) is 11.4 Å². The third-order valence-electron chi connectivity index (χ3n) is 2.78. The van der Waals surface area contributed by atoms with Gasteiger partial charge in [-0.05, 0) is 18.2 Å². The molecule has 4 N–H and O–H groups in total. The Balaban J connectivity index is 2.09. The molecule has 100 valence electrons. The Hall–Kier alpha value is -2.57. The highest BCUT2D eigenvalue weighted by molar-refractivity contribution is 5.95. The van der Waals surface area contributed by atoms with E-state index in [4.69, 9.17) is 5.73 Å². The summed E-state index contributed by atoms with van der Waals surface area (Å²) in [4.78, 5) is 11.5. The van der Waals surface area contributed by atoms with Crippen LogP contribution in [-0.4, -0.2) is 27.7 Å². The van der Waals surface area contributed by atoms with Crippen molar-refractivity contribution in [2.75, 3.05) is 18.1 Å². The molecule has 0 bridgehead atoms. The third kappa shape index (κ3) is 2.82. The molecule has 0 spiro atoms. The molecule has 0 saturated heterocycles. The average molecular weight is 260 g/mol. The van der Waals surface area contributed by atoms with E-state index >= 15 is 0 Å². The number of anilines is 2. The van der Waals surface area contributed by atoms with Gasteiger partial charge < -0.3 is 20.9 Å². The molecule has 2 rings (SSSR count). The lowest BCUT2D eigenvalue weighted by Gasteiger charge is -2.10. The predicted molar refractivity (Wildman–Crippen MR) is 72.6 cm³/mol. The minimum atomic E-state index is -0.161. The Morgan fingerprint density at radius 2 is 2.26 bits per heavy atom. The molecule has 1 aromatic carbocycles. The molecular weight excluding hydrogens is 244 g/mol. The van der Waals surface area contributed by atoms with E-state index in [-0.39, 0.29) is 5.91 Å². The van der Waals surface area contributed by atoms with Crippen molar-refractivity contribution in [3.63, 3.8) is 0 Å². The van der Waals surface area contributed by atoms with Crippen molar-refractivity contribution in [1.29, 1.82) is 0 Å². The highest BCUT2D eigenvalue weighted by Gasteiger charge is 2.07. The van der Waals surface area contributed by atoms with Crippen LogP contribution in [0.25, 0.3) is 0 Å². The quantitative estimate of drug-likeness (QED) is 0.690. The molecule has 1 heterocycles. The van der Waals surface area contributed by atoms with Crippen molar-refractivity contribution in [3.05, 3.63) is 35.9 Å². The standard InChI is InChI=1S/C12H16N6O/c1-14-12(19)8-3-4-10(9(13)5-8)15-6-11-17-16-7-18(11)2/h3-5,7,15H,6,13H2,1-2H3,(H,14,19). The fraction of sp³-hybridized carbons (Fsp3) is 0.250. The molecule has 0 saturated carbocycles. The molecule has 0 fully saturated rings. The molecule has 1 aromatic heterocycles. The highest BCUT2D eigenvalue weighted by Crippen LogP contribution is 2.20. The van der Waals surface area contributed by atoms with Crippen molar-refractivity contribution < 1.29 is 4.79 Å². The van der Waals surface area contributed by atoms with E-state index < -0.39 is 0 Å². The number of nitrogens with zero attached hydrogens (tertiary/aromatic N) is 3. The van der Waals surface area contributed by atoms with Gasteiger partial charge in [-0.25, -0.2) is 0 Å². The number of aromatic nitrogens is 3. The van der Waals surface area contributed by atoms with E-state index in [1.807, 2.05) is 11.6 Å². The Kier molecular flexibility index (Phi) is 3.65. The van der Waals surface area contributed by atoms with E-state index in [0.29, 0.717) is 17.8 Å². The van der Waals surface area contributed by atoms with Gasteiger partial charge in [0.15, 0.2) is 5.82 Å². The van der Waals surface area contributed by atoms with Crippen LogP contribution in [0.5, 0.6) is 0 Å². The van der Waals surface area contributed by atoms with Gasteiger partial charge >= 0.3 is 0 Å². The molecular formula is C12H16N6O. The number of nitrogens with one attached hydrogen (secondary N) is 2. The van der Waals surface area contributed by atoms with Gasteiger partial charge in [-0.2, -0.15) is 0 Å². The summed E-state index contributed by atoms with van der Waals surface area (Å²) in [7, 11) is 3.45. The van der Waals surface area contributed by atoms with E-state index in [9.17, 15) is 4.79 Å². The van der Waals surface area contributed by atoms with Gasteiger partial charge in [0.1, 0.15) is 6.33 Å². The summed E-state index contributed by atoms with van der Waals surface area (Å²) in [6.45, 7) is 0.514. The number of hydrogen-bond donors (Lipinski definition) is 3. The second-order valence-corrected chi connectivity index (χ2v) is 4.09. The van der Waals surface area contributed by atoms with Gasteiger partial charge in [0, 0.05) is 19.7 Å². The Bertz CT molecular complexity index is 592. The molecule has 19 heavy (non-hydrogen) atoms. The molecule has 7 heteroatoms. The number of rotatable bonds is 4. The minimum Gasteiger partial charge on any atom is -0.397 e. The second kappa shape index (κ2) is 5.38. The van der Waals surface area contributed by atoms with Gasteiger partial charge in [-0.15, -0.1) is 10.2 Å². The first-order valence-electron chi connectivity index (χ1n) is 5.80. The van der Waals surface area contributed by atoms with Crippen LogP contribution in [-0.2, 0) is 13.6 Å². The van der Waals surface area contributed by atoms with Gasteiger partial charge in [0.25, 0.3) is 5.91 Å². The van der Waals surface area contributed by atoms with E-state index in [0.717, 1.165) is 11.5 Å². The first kappa shape index (κ1) is 12.9. The third-order valence-corrected chi connectivity index (χ3v) is 2.78. The summed E-state index contributed by atoms with van der Waals surface area (Å²) < 4.78 is 1.82. The zero-order valence-corrected chi connectivity index (χ0v) is 10.8. The van der Waals surface area contributed by atoms with Crippen molar-refractivity contribution >= 4 is 17.3 Å². The summed E-state index contributed by atoms with van der Waals surface area (Å²) in [6.07, 6.45) is 1.63. The number of carbonyl (C=O) groups is 1. The molecule has 0 aliphatic carbocycles. The molecule has 2 aromatic rings. The molecule has 0 aliphatic rings. The van der Waals surface area contributed by atoms with Crippen molar-refractivity contribution in [2.24, 2.45) is 7.05 Å². The van der Waals surface area contributed by atoms with Crippen LogP contribution in [0.15, 0.2) is 24.5 Å². The van der Waals surface area contributed by atoms with Crippen LogP contribution in [0, 0.1) is 0 Å². The van der Waals surface area contributed by atoms with Gasteiger partial charge in [-0.1, -0.05) is 0 Å².